The van der Waals surface area contributed by atoms with E-state index < -0.39 is 35.2 Å². The molecule has 172 valence electrons. The van der Waals surface area contributed by atoms with Crippen LogP contribution in [0.4, 0.5) is 15.8 Å². The lowest BCUT2D eigenvalue weighted by Gasteiger charge is -2.35. The van der Waals surface area contributed by atoms with Crippen molar-refractivity contribution in [3.8, 4) is 0 Å². The first kappa shape index (κ1) is 21.3. The van der Waals surface area contributed by atoms with Crippen LogP contribution in [0.3, 0.4) is 0 Å². The average molecular weight is 464 g/mol. The van der Waals surface area contributed by atoms with Crippen LogP contribution in [0.15, 0.2) is 115 Å². The number of amides is 2. The second-order valence-electron chi connectivity index (χ2n) is 8.65. The summed E-state index contributed by atoms with van der Waals surface area (Å²) in [5, 5.41) is 1.69. The number of imide groups is 1. The van der Waals surface area contributed by atoms with Crippen molar-refractivity contribution in [3.05, 3.63) is 132 Å². The van der Waals surface area contributed by atoms with E-state index in [1.807, 2.05) is 91.0 Å². The molecule has 2 heterocycles. The molecule has 4 aromatic rings. The molecule has 35 heavy (non-hydrogen) atoms. The van der Waals surface area contributed by atoms with Gasteiger partial charge in [-0.05, 0) is 47.5 Å². The number of carbonyl (C=O) groups excluding carboxylic acids is 2. The van der Waals surface area contributed by atoms with Gasteiger partial charge in [-0.1, -0.05) is 78.9 Å². The molecule has 0 aromatic heterocycles. The summed E-state index contributed by atoms with van der Waals surface area (Å²) in [4.78, 5) is 35.9. The summed E-state index contributed by atoms with van der Waals surface area (Å²) in [6.07, 6.45) is -1.10. The van der Waals surface area contributed by atoms with Gasteiger partial charge in [-0.3, -0.25) is 14.4 Å². The summed E-state index contributed by atoms with van der Waals surface area (Å²) in [6, 6.07) is 33.1. The van der Waals surface area contributed by atoms with Gasteiger partial charge >= 0.3 is 0 Å². The number of rotatable bonds is 4. The summed E-state index contributed by atoms with van der Waals surface area (Å²) in [7, 11) is 0. The summed E-state index contributed by atoms with van der Waals surface area (Å²) in [6.45, 7) is 0. The number of nitrogens with zero attached hydrogens (tertiary/aromatic N) is 2. The van der Waals surface area contributed by atoms with E-state index in [9.17, 15) is 14.0 Å². The lowest BCUT2D eigenvalue weighted by atomic mass is 9.69. The molecule has 0 bridgehead atoms. The van der Waals surface area contributed by atoms with E-state index in [0.29, 0.717) is 11.3 Å². The minimum atomic E-state index is -1.36. The molecule has 4 aromatic carbocycles. The van der Waals surface area contributed by atoms with E-state index in [0.717, 1.165) is 16.2 Å². The molecule has 5 nitrogen and oxygen atoms in total. The zero-order valence-corrected chi connectivity index (χ0v) is 18.6. The molecule has 0 spiro atoms. The van der Waals surface area contributed by atoms with Gasteiger partial charge in [-0.2, -0.15) is 0 Å². The first-order valence-corrected chi connectivity index (χ1v) is 11.4. The maximum atomic E-state index is 14.5. The molecule has 2 amide bonds. The fraction of sp³-hybridized carbons (Fsp3) is 0.103. The standard InChI is InChI=1S/C29H21FN2O3/c30-22-16-18-23(19-17-22)31-27(33)26-29(28(31)34,21-12-6-2-7-13-21)25(20-10-4-1-5-11-20)32(35-26)24-14-8-3-9-15-24/h1-19,25-26H/t25-,26-,29+/m1/s1. The smallest absolute Gasteiger partial charge is 0.267 e. The van der Waals surface area contributed by atoms with Crippen molar-refractivity contribution in [3.63, 3.8) is 0 Å². The number of hydroxylamine groups is 1. The Morgan fingerprint density at radius 3 is 1.89 bits per heavy atom. The van der Waals surface area contributed by atoms with Crippen LogP contribution in [-0.2, 0) is 19.8 Å². The van der Waals surface area contributed by atoms with Gasteiger partial charge in [0.05, 0.1) is 11.4 Å². The molecule has 2 saturated heterocycles. The topological polar surface area (TPSA) is 49.9 Å². The number of carbonyl (C=O) groups is 2. The van der Waals surface area contributed by atoms with Gasteiger partial charge in [0, 0.05) is 0 Å². The number of fused-ring (bicyclic) bond motifs is 1. The first-order valence-electron chi connectivity index (χ1n) is 11.4. The van der Waals surface area contributed by atoms with Crippen molar-refractivity contribution in [2.75, 3.05) is 9.96 Å². The van der Waals surface area contributed by atoms with Gasteiger partial charge in [0.1, 0.15) is 17.3 Å². The van der Waals surface area contributed by atoms with Crippen LogP contribution >= 0.6 is 0 Å². The number of halogens is 1. The van der Waals surface area contributed by atoms with Gasteiger partial charge in [-0.15, -0.1) is 0 Å². The predicted molar refractivity (Wildman–Crippen MR) is 130 cm³/mol. The lowest BCUT2D eigenvalue weighted by molar-refractivity contribution is -0.126. The molecule has 2 fully saturated rings. The molecule has 0 aliphatic carbocycles. The summed E-state index contributed by atoms with van der Waals surface area (Å²) in [5.41, 5.74) is 1.21. The summed E-state index contributed by atoms with van der Waals surface area (Å²) < 4.78 is 13.6. The molecular formula is C29H21FN2O3. The third kappa shape index (κ3) is 3.11. The SMILES string of the molecule is O=C1[C@H]2ON(c3ccccc3)[C@H](c3ccccc3)[C@]2(c2ccccc2)C(=O)N1c1ccc(F)cc1. The Kier molecular flexibility index (Phi) is 4.97. The van der Waals surface area contributed by atoms with Crippen LogP contribution in [0.25, 0.3) is 0 Å². The van der Waals surface area contributed by atoms with Gasteiger partial charge in [0.2, 0.25) is 5.91 Å². The van der Waals surface area contributed by atoms with Crippen LogP contribution in [0.5, 0.6) is 0 Å². The molecule has 2 aliphatic heterocycles. The van der Waals surface area contributed by atoms with Crippen molar-refractivity contribution >= 4 is 23.2 Å². The van der Waals surface area contributed by atoms with E-state index in [1.54, 1.807) is 5.06 Å². The highest BCUT2D eigenvalue weighted by Crippen LogP contribution is 2.57. The molecular weight excluding hydrogens is 443 g/mol. The number of para-hydroxylation sites is 1. The molecule has 0 saturated carbocycles. The number of benzene rings is 4. The van der Waals surface area contributed by atoms with Gasteiger partial charge in [0.15, 0.2) is 6.10 Å². The largest absolute Gasteiger partial charge is 0.273 e. The Bertz CT molecular complexity index is 1380. The third-order valence-electron chi connectivity index (χ3n) is 6.76. The Balaban J connectivity index is 1.61. The quantitative estimate of drug-likeness (QED) is 0.390. The van der Waals surface area contributed by atoms with Crippen molar-refractivity contribution in [1.82, 2.24) is 0 Å². The normalized spacial score (nSPS) is 23.6. The maximum absolute atomic E-state index is 14.5. The van der Waals surface area contributed by atoms with Gasteiger partial charge in [-0.25, -0.2) is 14.4 Å². The Hall–Kier alpha value is -4.29. The molecule has 0 N–H and O–H groups in total. The molecule has 6 rings (SSSR count). The van der Waals surface area contributed by atoms with E-state index in [-0.39, 0.29) is 0 Å². The van der Waals surface area contributed by atoms with Crippen LogP contribution in [0.1, 0.15) is 17.2 Å². The van der Waals surface area contributed by atoms with Crippen LogP contribution in [0, 0.1) is 5.82 Å². The van der Waals surface area contributed by atoms with E-state index in [4.69, 9.17) is 4.84 Å². The second-order valence-corrected chi connectivity index (χ2v) is 8.65. The van der Waals surface area contributed by atoms with Crippen molar-refractivity contribution in [1.29, 1.82) is 0 Å². The number of hydrogen-bond acceptors (Lipinski definition) is 4. The fourth-order valence-electron chi connectivity index (χ4n) is 5.26. The molecule has 2 aliphatic rings. The van der Waals surface area contributed by atoms with Crippen molar-refractivity contribution in [2.45, 2.75) is 17.6 Å². The van der Waals surface area contributed by atoms with E-state index in [2.05, 4.69) is 0 Å². The van der Waals surface area contributed by atoms with Crippen molar-refractivity contribution < 1.29 is 18.8 Å². The van der Waals surface area contributed by atoms with Gasteiger partial charge in [0.25, 0.3) is 5.91 Å². The highest BCUT2D eigenvalue weighted by atomic mass is 19.1. The third-order valence-corrected chi connectivity index (χ3v) is 6.76. The highest BCUT2D eigenvalue weighted by Gasteiger charge is 2.72. The van der Waals surface area contributed by atoms with E-state index >= 15 is 0 Å². The zero-order chi connectivity index (χ0) is 24.0. The zero-order valence-electron chi connectivity index (χ0n) is 18.6. The second kappa shape index (κ2) is 8.18. The number of hydrogen-bond donors (Lipinski definition) is 0. The van der Waals surface area contributed by atoms with Crippen LogP contribution in [0.2, 0.25) is 0 Å². The Labute approximate surface area is 201 Å². The molecule has 0 radical (unpaired) electrons. The molecule has 0 unspecified atom stereocenters. The maximum Gasteiger partial charge on any atom is 0.267 e. The lowest BCUT2D eigenvalue weighted by Crippen LogP contribution is -2.46. The Morgan fingerprint density at radius 1 is 0.686 bits per heavy atom. The minimum Gasteiger partial charge on any atom is -0.273 e. The van der Waals surface area contributed by atoms with Crippen LogP contribution in [-0.4, -0.2) is 17.9 Å². The summed E-state index contributed by atoms with van der Waals surface area (Å²) in [5.74, 6) is -1.33. The van der Waals surface area contributed by atoms with E-state index in [1.165, 1.54) is 24.3 Å². The molecule has 3 atom stereocenters. The number of anilines is 2. The van der Waals surface area contributed by atoms with Crippen LogP contribution < -0.4 is 9.96 Å². The molecule has 6 heteroatoms. The first-order chi connectivity index (χ1) is 17.1. The van der Waals surface area contributed by atoms with Crippen molar-refractivity contribution in [2.24, 2.45) is 0 Å². The fourth-order valence-corrected chi connectivity index (χ4v) is 5.26. The summed E-state index contributed by atoms with van der Waals surface area (Å²) >= 11 is 0. The monoisotopic (exact) mass is 464 g/mol. The average Bonchev–Trinajstić information content (AvgIpc) is 3.38. The Morgan fingerprint density at radius 2 is 1.26 bits per heavy atom. The highest BCUT2D eigenvalue weighted by molar-refractivity contribution is 6.28. The van der Waals surface area contributed by atoms with Gasteiger partial charge < -0.3 is 0 Å². The minimum absolute atomic E-state index is 0.313. The predicted octanol–water partition coefficient (Wildman–Crippen LogP) is 5.20.